The highest BCUT2D eigenvalue weighted by molar-refractivity contribution is 8.03. The first-order valence-electron chi connectivity index (χ1n) is 6.65. The number of rotatable bonds is 4. The molecule has 0 radical (unpaired) electrons. The minimum Gasteiger partial charge on any atom is -0.314 e. The Hall–Kier alpha value is -2.71. The molecular weight excluding hydrogens is 294 g/mol. The van der Waals surface area contributed by atoms with E-state index >= 15 is 0 Å². The lowest BCUT2D eigenvalue weighted by molar-refractivity contribution is 0.255. The number of hydrogen-bond donors (Lipinski definition) is 2. The molecule has 0 atom stereocenters. The summed E-state index contributed by atoms with van der Waals surface area (Å²) in [5, 5.41) is 15.9. The van der Waals surface area contributed by atoms with Gasteiger partial charge in [0, 0.05) is 16.8 Å². The molecule has 0 saturated heterocycles. The van der Waals surface area contributed by atoms with E-state index in [1.54, 1.807) is 30.5 Å². The molecule has 5 heteroatoms. The average Bonchev–Trinajstić information content (AvgIpc) is 2.51. The van der Waals surface area contributed by atoms with Crippen molar-refractivity contribution >= 4 is 29.6 Å². The number of nitriles is 1. The quantitative estimate of drug-likeness (QED) is 0.651. The van der Waals surface area contributed by atoms with Crippen LogP contribution in [0.15, 0.2) is 59.6 Å². The van der Waals surface area contributed by atoms with Gasteiger partial charge in [0.2, 0.25) is 0 Å². The van der Waals surface area contributed by atoms with Gasteiger partial charge in [-0.1, -0.05) is 24.3 Å². The fourth-order valence-corrected chi connectivity index (χ4v) is 2.18. The zero-order valence-electron chi connectivity index (χ0n) is 12.0. The summed E-state index contributed by atoms with van der Waals surface area (Å²) in [7, 11) is 0. The van der Waals surface area contributed by atoms with Crippen LogP contribution in [-0.2, 0) is 0 Å². The zero-order valence-corrected chi connectivity index (χ0v) is 12.9. The first-order chi connectivity index (χ1) is 10.7. The molecule has 4 nitrogen and oxygen atoms in total. The Labute approximate surface area is 133 Å². The van der Waals surface area contributed by atoms with Crippen LogP contribution in [0.2, 0.25) is 0 Å². The minimum absolute atomic E-state index is 0.314. The predicted molar refractivity (Wildman–Crippen MR) is 90.3 cm³/mol. The smallest absolute Gasteiger partial charge is 0.314 e. The van der Waals surface area contributed by atoms with Crippen LogP contribution < -0.4 is 10.6 Å². The summed E-state index contributed by atoms with van der Waals surface area (Å²) in [5.74, 6) is 0. The van der Waals surface area contributed by atoms with Gasteiger partial charge in [0.05, 0.1) is 0 Å². The average molecular weight is 309 g/mol. The van der Waals surface area contributed by atoms with E-state index in [-0.39, 0.29) is 6.03 Å². The molecule has 0 heterocycles. The van der Waals surface area contributed by atoms with E-state index in [9.17, 15) is 4.79 Å². The van der Waals surface area contributed by atoms with Crippen molar-refractivity contribution < 1.29 is 4.79 Å². The molecule has 0 aliphatic carbocycles. The van der Waals surface area contributed by atoms with Gasteiger partial charge in [-0.05, 0) is 60.2 Å². The maximum Gasteiger partial charge on any atom is 0.323 e. The molecule has 0 aliphatic rings. The highest BCUT2D eigenvalue weighted by Crippen LogP contribution is 2.18. The summed E-state index contributed by atoms with van der Waals surface area (Å²) in [5.41, 5.74) is 2.87. The van der Waals surface area contributed by atoms with Crippen molar-refractivity contribution in [3.63, 3.8) is 0 Å². The summed E-state index contributed by atoms with van der Waals surface area (Å²) < 4.78 is 0. The summed E-state index contributed by atoms with van der Waals surface area (Å²) in [6.07, 6.45) is 3.46. The standard InChI is InChI=1S/C17H15N3OS/c1-13-4-2-3-5-14(13)10-11-19-17(21)20-15-6-8-16(9-7-15)22-12-18/h2-11H,1H3,(H2,19,20,21)/b11-10+. The molecule has 0 aliphatic heterocycles. The van der Waals surface area contributed by atoms with Crippen molar-refractivity contribution in [3.8, 4) is 5.40 Å². The molecule has 2 rings (SSSR count). The number of thiocyanates is 1. The van der Waals surface area contributed by atoms with Crippen molar-refractivity contribution in [2.24, 2.45) is 0 Å². The largest absolute Gasteiger partial charge is 0.323 e. The van der Waals surface area contributed by atoms with Gasteiger partial charge >= 0.3 is 6.03 Å². The summed E-state index contributed by atoms with van der Waals surface area (Å²) in [6.45, 7) is 2.01. The highest BCUT2D eigenvalue weighted by atomic mass is 32.2. The van der Waals surface area contributed by atoms with E-state index in [0.717, 1.165) is 27.8 Å². The summed E-state index contributed by atoms with van der Waals surface area (Å²) in [4.78, 5) is 12.6. The predicted octanol–water partition coefficient (Wildman–Crippen LogP) is 4.36. The Morgan fingerprint density at radius 2 is 1.91 bits per heavy atom. The molecular formula is C17H15N3OS. The number of carbonyl (C=O) groups is 1. The summed E-state index contributed by atoms with van der Waals surface area (Å²) in [6, 6.07) is 14.7. The molecule has 2 aromatic carbocycles. The SMILES string of the molecule is Cc1ccccc1/C=C/NC(=O)Nc1ccc(SC#N)cc1. The first kappa shape index (κ1) is 15.7. The lowest BCUT2D eigenvalue weighted by Gasteiger charge is -2.05. The number of urea groups is 1. The summed E-state index contributed by atoms with van der Waals surface area (Å²) >= 11 is 1.08. The van der Waals surface area contributed by atoms with Crippen molar-refractivity contribution in [3.05, 3.63) is 65.9 Å². The van der Waals surface area contributed by atoms with Crippen LogP contribution in [0, 0.1) is 17.6 Å². The number of hydrogen-bond acceptors (Lipinski definition) is 3. The van der Waals surface area contributed by atoms with E-state index in [4.69, 9.17) is 5.26 Å². The van der Waals surface area contributed by atoms with Gasteiger partial charge < -0.3 is 10.6 Å². The molecule has 0 bridgehead atoms. The van der Waals surface area contributed by atoms with E-state index < -0.39 is 0 Å². The lowest BCUT2D eigenvalue weighted by Crippen LogP contribution is -2.23. The topological polar surface area (TPSA) is 64.9 Å². The van der Waals surface area contributed by atoms with Crippen LogP contribution in [0.25, 0.3) is 6.08 Å². The third kappa shape index (κ3) is 4.69. The number of nitrogens with zero attached hydrogens (tertiary/aromatic N) is 1. The number of carbonyl (C=O) groups excluding carboxylic acids is 1. The van der Waals surface area contributed by atoms with Gasteiger partial charge in [-0.25, -0.2) is 4.79 Å². The second-order valence-electron chi connectivity index (χ2n) is 4.51. The molecule has 0 aromatic heterocycles. The van der Waals surface area contributed by atoms with Crippen LogP contribution in [0.1, 0.15) is 11.1 Å². The van der Waals surface area contributed by atoms with E-state index in [2.05, 4.69) is 10.6 Å². The van der Waals surface area contributed by atoms with Crippen LogP contribution in [0.5, 0.6) is 0 Å². The first-order valence-corrected chi connectivity index (χ1v) is 7.46. The number of thioether (sulfide) groups is 1. The van der Waals surface area contributed by atoms with Gasteiger partial charge in [0.25, 0.3) is 0 Å². The third-order valence-electron chi connectivity index (χ3n) is 2.94. The van der Waals surface area contributed by atoms with Crippen molar-refractivity contribution in [1.29, 1.82) is 5.26 Å². The molecule has 22 heavy (non-hydrogen) atoms. The Balaban J connectivity index is 1.88. The Morgan fingerprint density at radius 3 is 2.59 bits per heavy atom. The maximum atomic E-state index is 11.8. The van der Waals surface area contributed by atoms with E-state index in [0.29, 0.717) is 5.69 Å². The fraction of sp³-hybridized carbons (Fsp3) is 0.0588. The Bertz CT molecular complexity index is 717. The van der Waals surface area contributed by atoms with Crippen molar-refractivity contribution in [2.45, 2.75) is 11.8 Å². The number of aryl methyl sites for hydroxylation is 1. The molecule has 0 unspecified atom stereocenters. The van der Waals surface area contributed by atoms with E-state index in [1.807, 2.05) is 42.7 Å². The van der Waals surface area contributed by atoms with Gasteiger partial charge in [0.1, 0.15) is 5.40 Å². The van der Waals surface area contributed by atoms with Gasteiger partial charge in [-0.15, -0.1) is 0 Å². The molecule has 2 N–H and O–H groups in total. The van der Waals surface area contributed by atoms with Crippen molar-refractivity contribution in [1.82, 2.24) is 5.32 Å². The van der Waals surface area contributed by atoms with E-state index in [1.165, 1.54) is 0 Å². The van der Waals surface area contributed by atoms with Gasteiger partial charge in [-0.2, -0.15) is 5.26 Å². The number of amides is 2. The van der Waals surface area contributed by atoms with Crippen LogP contribution in [0.4, 0.5) is 10.5 Å². The number of nitrogens with one attached hydrogen (secondary N) is 2. The van der Waals surface area contributed by atoms with Crippen molar-refractivity contribution in [2.75, 3.05) is 5.32 Å². The monoisotopic (exact) mass is 309 g/mol. The molecule has 0 saturated carbocycles. The zero-order chi connectivity index (χ0) is 15.8. The Morgan fingerprint density at radius 1 is 1.18 bits per heavy atom. The fourth-order valence-electron chi connectivity index (χ4n) is 1.81. The molecule has 110 valence electrons. The highest BCUT2D eigenvalue weighted by Gasteiger charge is 2.00. The molecule has 2 aromatic rings. The normalized spacial score (nSPS) is 10.2. The molecule has 2 amide bonds. The van der Waals surface area contributed by atoms with Gasteiger partial charge in [0.15, 0.2) is 0 Å². The second kappa shape index (κ2) is 7.91. The second-order valence-corrected chi connectivity index (χ2v) is 5.36. The maximum absolute atomic E-state index is 11.8. The van der Waals surface area contributed by atoms with Crippen LogP contribution in [-0.4, -0.2) is 6.03 Å². The number of anilines is 1. The van der Waals surface area contributed by atoms with Crippen LogP contribution in [0.3, 0.4) is 0 Å². The van der Waals surface area contributed by atoms with Crippen LogP contribution >= 0.6 is 11.8 Å². The lowest BCUT2D eigenvalue weighted by atomic mass is 10.1. The Kier molecular flexibility index (Phi) is 5.64. The minimum atomic E-state index is -0.314. The third-order valence-corrected chi connectivity index (χ3v) is 3.54. The van der Waals surface area contributed by atoms with Gasteiger partial charge in [-0.3, -0.25) is 0 Å². The molecule has 0 spiro atoms. The number of benzene rings is 2. The molecule has 0 fully saturated rings.